The number of nitrogens with zero attached hydrogens (tertiary/aromatic N) is 1. The molecule has 134 valence electrons. The van der Waals surface area contributed by atoms with Gasteiger partial charge in [0, 0.05) is 37.6 Å². The van der Waals surface area contributed by atoms with Crippen LogP contribution in [0.3, 0.4) is 0 Å². The van der Waals surface area contributed by atoms with Crippen LogP contribution in [0.2, 0.25) is 0 Å². The second-order valence-corrected chi connectivity index (χ2v) is 7.17. The highest BCUT2D eigenvalue weighted by Gasteiger charge is 2.59. The summed E-state index contributed by atoms with van der Waals surface area (Å²) in [5.41, 5.74) is 0.348. The first-order valence-electron chi connectivity index (χ1n) is 8.96. The summed E-state index contributed by atoms with van der Waals surface area (Å²) in [5, 5.41) is 16.9. The molecule has 6 heteroatoms. The molecule has 0 saturated heterocycles. The van der Waals surface area contributed by atoms with Crippen molar-refractivity contribution in [3.63, 3.8) is 0 Å². The Morgan fingerprint density at radius 1 is 1.30 bits per heavy atom. The highest BCUT2D eigenvalue weighted by Crippen LogP contribution is 2.57. The number of hydrogen-bond acceptors (Lipinski definition) is 3. The van der Waals surface area contributed by atoms with Crippen molar-refractivity contribution in [2.45, 2.75) is 70.1 Å². The highest BCUT2D eigenvalue weighted by molar-refractivity contribution is 14.0. The van der Waals surface area contributed by atoms with Crippen LogP contribution in [-0.4, -0.2) is 49.5 Å². The lowest BCUT2D eigenvalue weighted by atomic mass is 9.51. The summed E-state index contributed by atoms with van der Waals surface area (Å²) < 4.78 is 5.90. The molecule has 3 fully saturated rings. The van der Waals surface area contributed by atoms with E-state index >= 15 is 0 Å². The number of halogens is 1. The van der Waals surface area contributed by atoms with Gasteiger partial charge in [-0.1, -0.05) is 12.8 Å². The summed E-state index contributed by atoms with van der Waals surface area (Å²) in [5.74, 6) is 1.25. The molecule has 3 rings (SSSR count). The molecule has 0 aromatic heterocycles. The molecule has 23 heavy (non-hydrogen) atoms. The second kappa shape index (κ2) is 8.34. The van der Waals surface area contributed by atoms with Crippen LogP contribution in [0.5, 0.6) is 0 Å². The first-order chi connectivity index (χ1) is 10.7. The fraction of sp³-hybridized carbons (Fsp3) is 0.941. The minimum absolute atomic E-state index is 0. The van der Waals surface area contributed by atoms with Crippen LogP contribution in [0.1, 0.15) is 51.9 Å². The number of aliphatic imine (C=N–C) groups is 1. The van der Waals surface area contributed by atoms with Crippen molar-refractivity contribution < 1.29 is 9.84 Å². The van der Waals surface area contributed by atoms with E-state index in [9.17, 15) is 5.11 Å². The van der Waals surface area contributed by atoms with Crippen LogP contribution >= 0.6 is 24.0 Å². The molecule has 3 aliphatic rings. The standard InChI is InChI=1S/C17H31N3O2.HI/c1-3-22-15-10-14(17(15)8-5-9-17)20-16(18-2)19-11-12-6-4-7-13(12)21;/h12-15,21H,3-11H2,1-2H3,(H2,18,19,20);1H. The van der Waals surface area contributed by atoms with Crippen LogP contribution in [0.4, 0.5) is 0 Å². The molecule has 4 unspecified atom stereocenters. The third kappa shape index (κ3) is 3.79. The Bertz CT molecular complexity index is 415. The molecule has 1 spiro atoms. The van der Waals surface area contributed by atoms with E-state index in [0.29, 0.717) is 23.5 Å². The Morgan fingerprint density at radius 3 is 2.61 bits per heavy atom. The van der Waals surface area contributed by atoms with Gasteiger partial charge in [-0.3, -0.25) is 4.99 Å². The number of nitrogens with one attached hydrogen (secondary N) is 2. The smallest absolute Gasteiger partial charge is 0.191 e. The lowest BCUT2D eigenvalue weighted by Gasteiger charge is -2.61. The van der Waals surface area contributed by atoms with E-state index in [-0.39, 0.29) is 30.1 Å². The predicted octanol–water partition coefficient (Wildman–Crippen LogP) is 2.28. The minimum Gasteiger partial charge on any atom is -0.393 e. The van der Waals surface area contributed by atoms with Crippen molar-refractivity contribution in [1.82, 2.24) is 10.6 Å². The Kier molecular flexibility index (Phi) is 6.98. The number of aliphatic hydroxyl groups excluding tert-OH is 1. The monoisotopic (exact) mass is 437 g/mol. The van der Waals surface area contributed by atoms with Crippen molar-refractivity contribution in [1.29, 1.82) is 0 Å². The van der Waals surface area contributed by atoms with Crippen molar-refractivity contribution in [2.75, 3.05) is 20.2 Å². The summed E-state index contributed by atoms with van der Waals surface area (Å²) >= 11 is 0. The number of hydrogen-bond donors (Lipinski definition) is 3. The van der Waals surface area contributed by atoms with Crippen LogP contribution in [0.15, 0.2) is 4.99 Å². The molecule has 4 atom stereocenters. The maximum atomic E-state index is 9.92. The number of guanidine groups is 1. The van der Waals surface area contributed by atoms with Gasteiger partial charge in [-0.05, 0) is 39.0 Å². The van der Waals surface area contributed by atoms with E-state index in [2.05, 4.69) is 22.5 Å². The number of aliphatic hydroxyl groups is 1. The largest absolute Gasteiger partial charge is 0.393 e. The molecule has 0 heterocycles. The summed E-state index contributed by atoms with van der Waals surface area (Å²) in [6.45, 7) is 3.71. The molecule has 0 aromatic rings. The lowest BCUT2D eigenvalue weighted by Crippen LogP contribution is -2.68. The quantitative estimate of drug-likeness (QED) is 0.351. The van der Waals surface area contributed by atoms with Gasteiger partial charge in [0.2, 0.25) is 0 Å². The molecule has 0 amide bonds. The topological polar surface area (TPSA) is 65.9 Å². The molecule has 0 bridgehead atoms. The third-order valence-corrected chi connectivity index (χ3v) is 6.12. The Hall–Kier alpha value is -0.0800. The van der Waals surface area contributed by atoms with Crippen molar-refractivity contribution >= 4 is 29.9 Å². The summed E-state index contributed by atoms with van der Waals surface area (Å²) in [4.78, 5) is 4.36. The SMILES string of the molecule is CCOC1CC(NC(=NC)NCC2CCCC2O)C12CCC2.I. The number of ether oxygens (including phenoxy) is 1. The molecule has 0 aliphatic heterocycles. The Morgan fingerprint density at radius 2 is 2.09 bits per heavy atom. The van der Waals surface area contributed by atoms with Gasteiger partial charge in [0.1, 0.15) is 0 Å². The van der Waals surface area contributed by atoms with Crippen LogP contribution in [-0.2, 0) is 4.74 Å². The van der Waals surface area contributed by atoms with Gasteiger partial charge >= 0.3 is 0 Å². The van der Waals surface area contributed by atoms with Gasteiger partial charge in [-0.2, -0.15) is 0 Å². The first kappa shape index (κ1) is 19.2. The highest BCUT2D eigenvalue weighted by atomic mass is 127. The van der Waals surface area contributed by atoms with E-state index in [1.807, 2.05) is 7.05 Å². The first-order valence-corrected chi connectivity index (χ1v) is 8.96. The summed E-state index contributed by atoms with van der Waals surface area (Å²) in [6, 6.07) is 0.484. The van der Waals surface area contributed by atoms with E-state index < -0.39 is 0 Å². The van der Waals surface area contributed by atoms with Gasteiger partial charge in [-0.25, -0.2) is 0 Å². The van der Waals surface area contributed by atoms with E-state index in [1.165, 1.54) is 19.3 Å². The van der Waals surface area contributed by atoms with Crippen LogP contribution in [0.25, 0.3) is 0 Å². The maximum Gasteiger partial charge on any atom is 0.191 e. The van der Waals surface area contributed by atoms with Crippen molar-refractivity contribution in [3.05, 3.63) is 0 Å². The predicted molar refractivity (Wildman–Crippen MR) is 103 cm³/mol. The van der Waals surface area contributed by atoms with Crippen molar-refractivity contribution in [2.24, 2.45) is 16.3 Å². The molecular weight excluding hydrogens is 405 g/mol. The lowest BCUT2D eigenvalue weighted by molar-refractivity contribution is -0.168. The van der Waals surface area contributed by atoms with Gasteiger partial charge in [0.05, 0.1) is 12.2 Å². The maximum absolute atomic E-state index is 9.92. The molecule has 0 radical (unpaired) electrons. The van der Waals surface area contributed by atoms with Gasteiger partial charge in [0.25, 0.3) is 0 Å². The van der Waals surface area contributed by atoms with E-state index in [4.69, 9.17) is 4.74 Å². The van der Waals surface area contributed by atoms with Crippen molar-refractivity contribution in [3.8, 4) is 0 Å². The molecule has 3 N–H and O–H groups in total. The number of rotatable bonds is 5. The zero-order chi connectivity index (χ0) is 15.6. The second-order valence-electron chi connectivity index (χ2n) is 7.17. The van der Waals surface area contributed by atoms with E-state index in [1.54, 1.807) is 0 Å². The zero-order valence-electron chi connectivity index (χ0n) is 14.4. The molecular formula is C17H32IN3O2. The molecule has 5 nitrogen and oxygen atoms in total. The van der Waals surface area contributed by atoms with Crippen LogP contribution < -0.4 is 10.6 Å². The average molecular weight is 437 g/mol. The van der Waals surface area contributed by atoms with Gasteiger partial charge in [0.15, 0.2) is 5.96 Å². The van der Waals surface area contributed by atoms with Gasteiger partial charge < -0.3 is 20.5 Å². The van der Waals surface area contributed by atoms with E-state index in [0.717, 1.165) is 44.8 Å². The fourth-order valence-corrected chi connectivity index (χ4v) is 4.48. The molecule has 3 saturated carbocycles. The molecule has 3 aliphatic carbocycles. The third-order valence-electron chi connectivity index (χ3n) is 6.12. The van der Waals surface area contributed by atoms with Gasteiger partial charge in [-0.15, -0.1) is 24.0 Å². The fourth-order valence-electron chi connectivity index (χ4n) is 4.48. The summed E-state index contributed by atoms with van der Waals surface area (Å²) in [7, 11) is 1.83. The minimum atomic E-state index is -0.144. The zero-order valence-corrected chi connectivity index (χ0v) is 16.7. The molecule has 0 aromatic carbocycles. The normalized spacial score (nSPS) is 35.2. The van der Waals surface area contributed by atoms with Crippen LogP contribution in [0, 0.1) is 11.3 Å². The summed E-state index contributed by atoms with van der Waals surface area (Å²) in [6.07, 6.45) is 8.43. The Balaban J connectivity index is 0.00000192. The average Bonchev–Trinajstić information content (AvgIpc) is 2.84. The Labute approximate surface area is 157 Å².